The summed E-state index contributed by atoms with van der Waals surface area (Å²) in [5.74, 6) is 0.633. The molecule has 0 saturated heterocycles. The minimum absolute atomic E-state index is 0.0303. The number of nitrogens with zero attached hydrogens (tertiary/aromatic N) is 1. The monoisotopic (exact) mass is 429 g/mol. The zero-order valence-electron chi connectivity index (χ0n) is 16.4. The van der Waals surface area contributed by atoms with Gasteiger partial charge in [-0.3, -0.25) is 9.78 Å². The molecule has 3 N–H and O–H groups in total. The molecule has 2 heterocycles. The van der Waals surface area contributed by atoms with E-state index in [0.717, 1.165) is 15.7 Å². The first-order valence-electron chi connectivity index (χ1n) is 9.27. The molecule has 0 fully saturated rings. The number of aromatic hydroxyl groups is 1. The van der Waals surface area contributed by atoms with E-state index in [-0.39, 0.29) is 5.56 Å². The summed E-state index contributed by atoms with van der Waals surface area (Å²) in [6.07, 6.45) is 0.707. The predicted octanol–water partition coefficient (Wildman–Crippen LogP) is 2.14. The van der Waals surface area contributed by atoms with Gasteiger partial charge in [0.25, 0.3) is 5.56 Å². The van der Waals surface area contributed by atoms with Crippen molar-refractivity contribution in [2.45, 2.75) is 12.5 Å². The normalized spacial score (nSPS) is 15.5. The van der Waals surface area contributed by atoms with Gasteiger partial charge in [0, 0.05) is 11.6 Å². The molecule has 1 aliphatic rings. The highest BCUT2D eigenvalue weighted by Crippen LogP contribution is 2.38. The van der Waals surface area contributed by atoms with E-state index in [9.17, 15) is 14.7 Å². The Labute approximate surface area is 176 Å². The number of halogens is 1. The minimum atomic E-state index is -0.758. The van der Waals surface area contributed by atoms with E-state index in [1.807, 2.05) is 6.07 Å². The first-order chi connectivity index (χ1) is 14.4. The highest BCUT2D eigenvalue weighted by atomic mass is 35.5. The zero-order valence-corrected chi connectivity index (χ0v) is 17.1. The van der Waals surface area contributed by atoms with Crippen LogP contribution in [-0.2, 0) is 6.42 Å². The summed E-state index contributed by atoms with van der Waals surface area (Å²) in [6, 6.07) is 9.44. The number of fused-ring (bicyclic) bond motifs is 1. The van der Waals surface area contributed by atoms with Gasteiger partial charge < -0.3 is 19.9 Å². The van der Waals surface area contributed by atoms with E-state index >= 15 is 0 Å². The Hall–Kier alpha value is -3.23. The largest absolute Gasteiger partial charge is 0.494 e. The second kappa shape index (κ2) is 7.89. The standard InChI is InChI=1S/C21H20ClN3O5/c1-29-15-8-11-6-7-23-18(14(11)10-16(15)30-2)17-19(26)24-21(28)25(20(17)27)13-5-3-4-12(22)9-13/h3-5,8-10,18,23,27H,6-7H2,1-2H3,(H,24,26,28). The maximum Gasteiger partial charge on any atom is 0.335 e. The van der Waals surface area contributed by atoms with Crippen molar-refractivity contribution in [2.75, 3.05) is 20.8 Å². The summed E-state index contributed by atoms with van der Waals surface area (Å²) in [6.45, 7) is 0.572. The second-order valence-corrected chi connectivity index (χ2v) is 7.29. The molecule has 4 rings (SSSR count). The lowest BCUT2D eigenvalue weighted by molar-refractivity contribution is 0.352. The summed E-state index contributed by atoms with van der Waals surface area (Å²) >= 11 is 6.04. The average Bonchev–Trinajstić information content (AvgIpc) is 2.72. The maximum atomic E-state index is 12.7. The summed E-state index contributed by atoms with van der Waals surface area (Å²) < 4.78 is 11.8. The van der Waals surface area contributed by atoms with Crippen molar-refractivity contribution < 1.29 is 14.6 Å². The lowest BCUT2D eigenvalue weighted by Crippen LogP contribution is -2.38. The molecule has 8 nitrogen and oxygen atoms in total. The van der Waals surface area contributed by atoms with Gasteiger partial charge in [-0.1, -0.05) is 17.7 Å². The quantitative estimate of drug-likeness (QED) is 0.586. The summed E-state index contributed by atoms with van der Waals surface area (Å²) in [4.78, 5) is 27.5. The third-order valence-electron chi connectivity index (χ3n) is 5.18. The molecule has 1 aromatic heterocycles. The zero-order chi connectivity index (χ0) is 21.4. The van der Waals surface area contributed by atoms with Crippen LogP contribution in [0.1, 0.15) is 22.7 Å². The SMILES string of the molecule is COc1cc2c(cc1OC)C(c1c(O)n(-c3cccc(Cl)c3)c(=O)[nH]c1=O)NCC2. The fraction of sp³-hybridized carbons (Fsp3) is 0.238. The van der Waals surface area contributed by atoms with Crippen LogP contribution in [0.25, 0.3) is 5.69 Å². The van der Waals surface area contributed by atoms with Gasteiger partial charge in [-0.25, -0.2) is 9.36 Å². The van der Waals surface area contributed by atoms with Gasteiger partial charge in [0.1, 0.15) is 0 Å². The van der Waals surface area contributed by atoms with Crippen LogP contribution in [0.3, 0.4) is 0 Å². The molecule has 3 aromatic rings. The van der Waals surface area contributed by atoms with Gasteiger partial charge in [-0.15, -0.1) is 0 Å². The third kappa shape index (κ3) is 3.34. The molecule has 1 aliphatic heterocycles. The number of rotatable bonds is 4. The Morgan fingerprint density at radius 2 is 1.87 bits per heavy atom. The number of ether oxygens (including phenoxy) is 2. The predicted molar refractivity (Wildman–Crippen MR) is 112 cm³/mol. The Morgan fingerprint density at radius 3 is 2.57 bits per heavy atom. The van der Waals surface area contributed by atoms with Gasteiger partial charge in [0.05, 0.1) is 31.5 Å². The van der Waals surface area contributed by atoms with Crippen molar-refractivity contribution in [2.24, 2.45) is 0 Å². The molecule has 2 aromatic carbocycles. The van der Waals surface area contributed by atoms with E-state index in [0.29, 0.717) is 35.2 Å². The van der Waals surface area contributed by atoms with Crippen LogP contribution in [-0.4, -0.2) is 35.4 Å². The van der Waals surface area contributed by atoms with Gasteiger partial charge in [-0.05, 0) is 47.9 Å². The molecule has 0 amide bonds. The summed E-state index contributed by atoms with van der Waals surface area (Å²) in [5, 5.41) is 14.7. The number of aromatic amines is 1. The summed E-state index contributed by atoms with van der Waals surface area (Å²) in [5.41, 5.74) is 0.656. The third-order valence-corrected chi connectivity index (χ3v) is 5.41. The molecule has 0 spiro atoms. The molecule has 1 unspecified atom stereocenters. The lowest BCUT2D eigenvalue weighted by atomic mass is 9.90. The molecule has 0 saturated carbocycles. The van der Waals surface area contributed by atoms with E-state index in [1.54, 1.807) is 31.4 Å². The number of hydrogen-bond acceptors (Lipinski definition) is 6. The highest BCUT2D eigenvalue weighted by Gasteiger charge is 2.30. The average molecular weight is 430 g/mol. The van der Waals surface area contributed by atoms with Crippen molar-refractivity contribution in [1.82, 2.24) is 14.9 Å². The number of methoxy groups -OCH3 is 2. The number of aromatic nitrogens is 2. The molecular formula is C21H20ClN3O5. The number of nitrogens with one attached hydrogen (secondary N) is 2. The fourth-order valence-electron chi connectivity index (χ4n) is 3.79. The van der Waals surface area contributed by atoms with Gasteiger partial charge in [0.2, 0.25) is 5.88 Å². The van der Waals surface area contributed by atoms with Crippen LogP contribution in [0.15, 0.2) is 46.0 Å². The van der Waals surface area contributed by atoms with Gasteiger partial charge in [0.15, 0.2) is 11.5 Å². The van der Waals surface area contributed by atoms with Crippen LogP contribution in [0, 0.1) is 0 Å². The van der Waals surface area contributed by atoms with Crippen LogP contribution in [0.4, 0.5) is 0 Å². The topological polar surface area (TPSA) is 106 Å². The fourth-order valence-corrected chi connectivity index (χ4v) is 3.98. The second-order valence-electron chi connectivity index (χ2n) is 6.85. The van der Waals surface area contributed by atoms with Crippen molar-refractivity contribution in [1.29, 1.82) is 0 Å². The Balaban J connectivity index is 1.94. The Bertz CT molecular complexity index is 1230. The first kappa shape index (κ1) is 20.1. The number of H-pyrrole nitrogens is 1. The Morgan fingerprint density at radius 1 is 1.13 bits per heavy atom. The van der Waals surface area contributed by atoms with Crippen molar-refractivity contribution >= 4 is 11.6 Å². The number of benzene rings is 2. The molecular weight excluding hydrogens is 410 g/mol. The maximum absolute atomic E-state index is 12.7. The van der Waals surface area contributed by atoms with E-state index in [4.69, 9.17) is 21.1 Å². The van der Waals surface area contributed by atoms with E-state index in [2.05, 4.69) is 10.3 Å². The van der Waals surface area contributed by atoms with E-state index < -0.39 is 23.2 Å². The molecule has 156 valence electrons. The van der Waals surface area contributed by atoms with Gasteiger partial charge in [-0.2, -0.15) is 0 Å². The molecule has 0 bridgehead atoms. The van der Waals surface area contributed by atoms with Gasteiger partial charge >= 0.3 is 5.69 Å². The van der Waals surface area contributed by atoms with E-state index in [1.165, 1.54) is 13.2 Å². The minimum Gasteiger partial charge on any atom is -0.494 e. The first-order valence-corrected chi connectivity index (χ1v) is 9.64. The summed E-state index contributed by atoms with van der Waals surface area (Å²) in [7, 11) is 3.08. The number of hydrogen-bond donors (Lipinski definition) is 3. The van der Waals surface area contributed by atoms with Crippen molar-refractivity contribution in [3.8, 4) is 23.1 Å². The van der Waals surface area contributed by atoms with Crippen LogP contribution < -0.4 is 26.0 Å². The lowest BCUT2D eigenvalue weighted by Gasteiger charge is -2.28. The Kier molecular flexibility index (Phi) is 5.27. The van der Waals surface area contributed by atoms with Crippen LogP contribution >= 0.6 is 11.6 Å². The van der Waals surface area contributed by atoms with Crippen molar-refractivity contribution in [3.63, 3.8) is 0 Å². The highest BCUT2D eigenvalue weighted by molar-refractivity contribution is 6.30. The molecule has 9 heteroatoms. The van der Waals surface area contributed by atoms with Crippen molar-refractivity contribution in [3.05, 3.63) is 78.9 Å². The molecule has 0 radical (unpaired) electrons. The molecule has 0 aliphatic carbocycles. The molecule has 30 heavy (non-hydrogen) atoms. The smallest absolute Gasteiger partial charge is 0.335 e. The van der Waals surface area contributed by atoms with Crippen LogP contribution in [0.2, 0.25) is 5.02 Å². The molecule has 1 atom stereocenters. The van der Waals surface area contributed by atoms with Crippen LogP contribution in [0.5, 0.6) is 17.4 Å².